The van der Waals surface area contributed by atoms with Crippen LogP contribution in [0.1, 0.15) is 5.89 Å². The van der Waals surface area contributed by atoms with Crippen LogP contribution in [0.15, 0.2) is 28.8 Å². The average molecular weight is 222 g/mol. The van der Waals surface area contributed by atoms with E-state index in [1.165, 1.54) is 31.5 Å². The molecule has 2 aromatic rings. The summed E-state index contributed by atoms with van der Waals surface area (Å²) in [5.41, 5.74) is 5.90. The second-order valence-electron chi connectivity index (χ2n) is 3.17. The minimum Gasteiger partial charge on any atom is -0.496 e. The molecule has 0 saturated heterocycles. The number of hydrogen-bond acceptors (Lipinski definition) is 4. The van der Waals surface area contributed by atoms with Crippen molar-refractivity contribution in [1.29, 1.82) is 0 Å². The Hall–Kier alpha value is -1.88. The molecule has 0 aliphatic rings. The lowest BCUT2D eigenvalue weighted by Gasteiger charge is -2.05. The van der Waals surface area contributed by atoms with E-state index in [0.29, 0.717) is 23.0 Å². The van der Waals surface area contributed by atoms with Crippen LogP contribution < -0.4 is 10.5 Å². The predicted octanol–water partition coefficient (Wildman–Crippen LogP) is 1.95. The molecule has 0 aliphatic heterocycles. The lowest BCUT2D eigenvalue weighted by Crippen LogP contribution is -1.94. The Morgan fingerprint density at radius 1 is 1.50 bits per heavy atom. The molecule has 0 radical (unpaired) electrons. The minimum atomic E-state index is -0.360. The van der Waals surface area contributed by atoms with Crippen LogP contribution in [0.25, 0.3) is 11.3 Å². The lowest BCUT2D eigenvalue weighted by molar-refractivity contribution is 0.412. The molecule has 16 heavy (non-hydrogen) atoms. The van der Waals surface area contributed by atoms with Gasteiger partial charge in [0.25, 0.3) is 0 Å². The van der Waals surface area contributed by atoms with E-state index in [9.17, 15) is 4.39 Å². The normalized spacial score (nSPS) is 10.4. The molecule has 4 nitrogen and oxygen atoms in total. The highest BCUT2D eigenvalue weighted by Gasteiger charge is 2.11. The number of rotatable bonds is 3. The van der Waals surface area contributed by atoms with Gasteiger partial charge in [-0.15, -0.1) is 0 Å². The highest BCUT2D eigenvalue weighted by Crippen LogP contribution is 2.30. The summed E-state index contributed by atoms with van der Waals surface area (Å²) < 4.78 is 23.6. The summed E-state index contributed by atoms with van der Waals surface area (Å²) in [7, 11) is 1.51. The maximum absolute atomic E-state index is 13.1. The Morgan fingerprint density at radius 2 is 2.31 bits per heavy atom. The van der Waals surface area contributed by atoms with Crippen LogP contribution in [0.4, 0.5) is 4.39 Å². The second kappa shape index (κ2) is 4.32. The fourth-order valence-corrected chi connectivity index (χ4v) is 1.40. The molecular formula is C11H11FN2O2. The zero-order chi connectivity index (χ0) is 11.5. The Labute approximate surface area is 91.9 Å². The van der Waals surface area contributed by atoms with E-state index in [4.69, 9.17) is 14.9 Å². The van der Waals surface area contributed by atoms with E-state index < -0.39 is 0 Å². The largest absolute Gasteiger partial charge is 0.496 e. The second-order valence-corrected chi connectivity index (χ2v) is 3.17. The fraction of sp³-hybridized carbons (Fsp3) is 0.182. The van der Waals surface area contributed by atoms with Crippen LogP contribution in [-0.4, -0.2) is 12.1 Å². The van der Waals surface area contributed by atoms with Gasteiger partial charge in [0.15, 0.2) is 5.76 Å². The van der Waals surface area contributed by atoms with Crippen molar-refractivity contribution in [3.8, 4) is 17.1 Å². The number of methoxy groups -OCH3 is 1. The molecule has 84 valence electrons. The Balaban J connectivity index is 2.49. The van der Waals surface area contributed by atoms with Gasteiger partial charge in [-0.1, -0.05) is 0 Å². The van der Waals surface area contributed by atoms with Gasteiger partial charge < -0.3 is 14.9 Å². The van der Waals surface area contributed by atoms with Crippen LogP contribution in [0.2, 0.25) is 0 Å². The molecule has 0 fully saturated rings. The lowest BCUT2D eigenvalue weighted by atomic mass is 10.1. The maximum Gasteiger partial charge on any atom is 0.208 e. The summed E-state index contributed by atoms with van der Waals surface area (Å²) in [5, 5.41) is 0. The topological polar surface area (TPSA) is 61.3 Å². The van der Waals surface area contributed by atoms with Crippen molar-refractivity contribution in [2.75, 3.05) is 7.11 Å². The van der Waals surface area contributed by atoms with Crippen molar-refractivity contribution < 1.29 is 13.5 Å². The van der Waals surface area contributed by atoms with E-state index in [-0.39, 0.29) is 12.4 Å². The van der Waals surface area contributed by atoms with Crippen molar-refractivity contribution >= 4 is 0 Å². The summed E-state index contributed by atoms with van der Waals surface area (Å²) >= 11 is 0. The molecule has 0 atom stereocenters. The van der Waals surface area contributed by atoms with Gasteiger partial charge in [0.05, 0.1) is 25.4 Å². The van der Waals surface area contributed by atoms with Crippen molar-refractivity contribution in [2.45, 2.75) is 6.54 Å². The van der Waals surface area contributed by atoms with Gasteiger partial charge in [-0.2, -0.15) is 0 Å². The SMILES string of the molecule is COc1ccc(F)cc1-c1cnc(CN)o1. The summed E-state index contributed by atoms with van der Waals surface area (Å²) in [4.78, 5) is 3.95. The molecule has 2 N–H and O–H groups in total. The molecule has 0 unspecified atom stereocenters. The fourth-order valence-electron chi connectivity index (χ4n) is 1.40. The minimum absolute atomic E-state index is 0.206. The Kier molecular flexibility index (Phi) is 2.87. The van der Waals surface area contributed by atoms with Gasteiger partial charge in [0.2, 0.25) is 5.89 Å². The van der Waals surface area contributed by atoms with Crippen LogP contribution >= 0.6 is 0 Å². The van der Waals surface area contributed by atoms with E-state index in [1.54, 1.807) is 0 Å². The zero-order valence-electron chi connectivity index (χ0n) is 8.74. The summed E-state index contributed by atoms with van der Waals surface area (Å²) in [6, 6.07) is 4.19. The van der Waals surface area contributed by atoms with E-state index in [2.05, 4.69) is 4.98 Å². The number of halogens is 1. The first-order valence-corrected chi connectivity index (χ1v) is 4.73. The van der Waals surface area contributed by atoms with Gasteiger partial charge in [0, 0.05) is 0 Å². The van der Waals surface area contributed by atoms with E-state index >= 15 is 0 Å². The third kappa shape index (κ3) is 1.90. The third-order valence-electron chi connectivity index (χ3n) is 2.16. The highest BCUT2D eigenvalue weighted by atomic mass is 19.1. The van der Waals surface area contributed by atoms with Gasteiger partial charge in [-0.25, -0.2) is 9.37 Å². The standard InChI is InChI=1S/C11H11FN2O2/c1-15-9-3-2-7(12)4-8(9)10-6-14-11(5-13)16-10/h2-4,6H,5,13H2,1H3. The van der Waals surface area contributed by atoms with Gasteiger partial charge in [0.1, 0.15) is 11.6 Å². The average Bonchev–Trinajstić information content (AvgIpc) is 2.77. The molecule has 0 aliphatic carbocycles. The van der Waals surface area contributed by atoms with E-state index in [1.807, 2.05) is 0 Å². The number of aromatic nitrogens is 1. The Bertz CT molecular complexity index is 496. The number of nitrogens with two attached hydrogens (primary N) is 1. The Morgan fingerprint density at radius 3 is 2.94 bits per heavy atom. The number of nitrogens with zero attached hydrogens (tertiary/aromatic N) is 1. The molecule has 0 saturated carbocycles. The highest BCUT2D eigenvalue weighted by molar-refractivity contribution is 5.65. The first-order valence-electron chi connectivity index (χ1n) is 4.73. The molecule has 5 heteroatoms. The van der Waals surface area contributed by atoms with Crippen molar-refractivity contribution in [2.24, 2.45) is 5.73 Å². The summed E-state index contributed by atoms with van der Waals surface area (Å²) in [5.74, 6) is 1.01. The first-order chi connectivity index (χ1) is 7.74. The number of hydrogen-bond donors (Lipinski definition) is 1. The smallest absolute Gasteiger partial charge is 0.208 e. The third-order valence-corrected chi connectivity index (χ3v) is 2.16. The number of benzene rings is 1. The molecule has 2 rings (SSSR count). The first kappa shape index (κ1) is 10.6. The van der Waals surface area contributed by atoms with Gasteiger partial charge in [-0.3, -0.25) is 0 Å². The molecule has 0 bridgehead atoms. The molecule has 1 aromatic carbocycles. The zero-order valence-corrected chi connectivity index (χ0v) is 8.74. The van der Waals surface area contributed by atoms with Crippen molar-refractivity contribution in [1.82, 2.24) is 4.98 Å². The van der Waals surface area contributed by atoms with Crippen LogP contribution in [-0.2, 0) is 6.54 Å². The monoisotopic (exact) mass is 222 g/mol. The van der Waals surface area contributed by atoms with Crippen LogP contribution in [0.3, 0.4) is 0 Å². The summed E-state index contributed by atoms with van der Waals surface area (Å²) in [6.07, 6.45) is 1.50. The maximum atomic E-state index is 13.1. The number of oxazole rings is 1. The quantitative estimate of drug-likeness (QED) is 0.862. The van der Waals surface area contributed by atoms with Crippen LogP contribution in [0, 0.1) is 5.82 Å². The molecular weight excluding hydrogens is 211 g/mol. The summed E-state index contributed by atoms with van der Waals surface area (Å²) in [6.45, 7) is 0.206. The predicted molar refractivity (Wildman–Crippen MR) is 56.3 cm³/mol. The molecule has 0 amide bonds. The van der Waals surface area contributed by atoms with Crippen LogP contribution in [0.5, 0.6) is 5.75 Å². The van der Waals surface area contributed by atoms with Gasteiger partial charge in [-0.05, 0) is 18.2 Å². The molecule has 0 spiro atoms. The van der Waals surface area contributed by atoms with Gasteiger partial charge >= 0.3 is 0 Å². The molecule has 1 heterocycles. The van der Waals surface area contributed by atoms with Crippen molar-refractivity contribution in [3.63, 3.8) is 0 Å². The van der Waals surface area contributed by atoms with E-state index in [0.717, 1.165) is 0 Å². The number of ether oxygens (including phenoxy) is 1. The molecule has 1 aromatic heterocycles. The van der Waals surface area contributed by atoms with Crippen molar-refractivity contribution in [3.05, 3.63) is 36.1 Å².